The molecule has 6 nitrogen and oxygen atoms in total. The van der Waals surface area contributed by atoms with E-state index in [-0.39, 0.29) is 19.3 Å². The van der Waals surface area contributed by atoms with Crippen LogP contribution >= 0.6 is 0 Å². The summed E-state index contributed by atoms with van der Waals surface area (Å²) in [6, 6.07) is 0. The van der Waals surface area contributed by atoms with Crippen molar-refractivity contribution in [1.29, 1.82) is 0 Å². The zero-order valence-electron chi connectivity index (χ0n) is 17.8. The van der Waals surface area contributed by atoms with E-state index in [2.05, 4.69) is 13.8 Å². The van der Waals surface area contributed by atoms with Crippen LogP contribution in [0.3, 0.4) is 0 Å². The second kappa shape index (κ2) is 30.0. The molecule has 0 aliphatic rings. The van der Waals surface area contributed by atoms with Gasteiger partial charge in [0.2, 0.25) is 0 Å². The zero-order valence-corrected chi connectivity index (χ0v) is 20.7. The number of hydrogen-bond acceptors (Lipinski definition) is 6. The van der Waals surface area contributed by atoms with Crippen LogP contribution in [0.15, 0.2) is 0 Å². The van der Waals surface area contributed by atoms with Crippen LogP contribution in [0.5, 0.6) is 0 Å². The molecule has 0 saturated heterocycles. The first kappa shape index (κ1) is 33.8. The van der Waals surface area contributed by atoms with E-state index < -0.39 is 17.9 Å². The van der Waals surface area contributed by atoms with Crippen LogP contribution in [-0.4, -0.2) is 40.4 Å². The second-order valence-electron chi connectivity index (χ2n) is 5.99. The van der Waals surface area contributed by atoms with E-state index in [9.17, 15) is 29.7 Å². The van der Waals surface area contributed by atoms with Crippen LogP contribution < -0.4 is 15.3 Å². The number of carbonyl (C=O) groups is 3. The molecule has 0 heterocycles. The molecular weight excluding hydrogens is 455 g/mol. The molecule has 0 amide bonds. The SMILES string of the molecule is CCCC(=O)[O-].CCCC(=O)[O-].CCCC(=O)[O-].CCCCC(CC)[CH2][Sn+3]. The summed E-state index contributed by atoms with van der Waals surface area (Å²) in [7, 11) is 0. The molecule has 0 spiro atoms. The van der Waals surface area contributed by atoms with Gasteiger partial charge in [0.15, 0.2) is 0 Å². The van der Waals surface area contributed by atoms with Crippen molar-refractivity contribution in [2.24, 2.45) is 5.92 Å². The van der Waals surface area contributed by atoms with Gasteiger partial charge in [-0.2, -0.15) is 0 Å². The average Bonchev–Trinajstić information content (AvgIpc) is 2.57. The predicted octanol–water partition coefficient (Wildman–Crippen LogP) is 1.40. The Balaban J connectivity index is -0.000000133. The van der Waals surface area contributed by atoms with Crippen molar-refractivity contribution in [3.05, 3.63) is 0 Å². The Morgan fingerprint density at radius 2 is 1.04 bits per heavy atom. The van der Waals surface area contributed by atoms with E-state index in [4.69, 9.17) is 0 Å². The summed E-state index contributed by atoms with van der Waals surface area (Å²) >= 11 is 1.71. The zero-order chi connectivity index (χ0) is 22.1. The van der Waals surface area contributed by atoms with Gasteiger partial charge in [0.05, 0.1) is 0 Å². The molecule has 0 fully saturated rings. The molecular formula is C20H38O6Sn. The predicted molar refractivity (Wildman–Crippen MR) is 104 cm³/mol. The van der Waals surface area contributed by atoms with Crippen LogP contribution in [0.4, 0.5) is 0 Å². The van der Waals surface area contributed by atoms with Crippen molar-refractivity contribution >= 4 is 40.4 Å². The Morgan fingerprint density at radius 1 is 0.704 bits per heavy atom. The van der Waals surface area contributed by atoms with E-state index in [1.54, 1.807) is 43.3 Å². The molecule has 0 aliphatic carbocycles. The number of aliphatic carboxylic acids is 3. The molecule has 27 heavy (non-hydrogen) atoms. The van der Waals surface area contributed by atoms with Gasteiger partial charge in [0.25, 0.3) is 0 Å². The molecule has 0 saturated carbocycles. The molecule has 1 unspecified atom stereocenters. The van der Waals surface area contributed by atoms with Crippen LogP contribution in [0.25, 0.3) is 0 Å². The Labute approximate surface area is 179 Å². The number of carbonyl (C=O) groups excluding carboxylic acids is 3. The molecule has 0 bridgehead atoms. The second-order valence-corrected chi connectivity index (χ2v) is 7.15. The first-order valence-electron chi connectivity index (χ1n) is 9.90. The van der Waals surface area contributed by atoms with E-state index in [0.717, 1.165) is 5.92 Å². The number of hydrogen-bond donors (Lipinski definition) is 0. The third kappa shape index (κ3) is 51.7. The Kier molecular flexibility index (Phi) is 37.5. The molecule has 0 aromatic heterocycles. The van der Waals surface area contributed by atoms with Gasteiger partial charge in [-0.25, -0.2) is 0 Å². The van der Waals surface area contributed by atoms with Gasteiger partial charge in [0, 0.05) is 17.9 Å². The molecule has 158 valence electrons. The molecule has 1 atom stereocenters. The van der Waals surface area contributed by atoms with Gasteiger partial charge in [-0.15, -0.1) is 0 Å². The fraction of sp³-hybridized carbons (Fsp3) is 0.850. The minimum atomic E-state index is -0.961. The number of rotatable bonds is 11. The van der Waals surface area contributed by atoms with Gasteiger partial charge in [-0.1, -0.05) is 40.0 Å². The molecule has 0 rings (SSSR count). The molecule has 0 N–H and O–H groups in total. The van der Waals surface area contributed by atoms with Gasteiger partial charge >= 0.3 is 72.4 Å². The van der Waals surface area contributed by atoms with Crippen LogP contribution in [0.1, 0.15) is 98.8 Å². The third-order valence-electron chi connectivity index (χ3n) is 3.19. The van der Waals surface area contributed by atoms with Crippen LogP contribution in [-0.2, 0) is 14.4 Å². The van der Waals surface area contributed by atoms with E-state index in [1.165, 1.54) is 30.1 Å². The molecule has 0 aromatic rings. The minimum absolute atomic E-state index is 0.181. The Bertz CT molecular complexity index is 292. The molecule has 0 aliphatic heterocycles. The fourth-order valence-corrected chi connectivity index (χ4v) is 2.96. The van der Waals surface area contributed by atoms with Gasteiger partial charge in [-0.05, 0) is 19.3 Å². The average molecular weight is 493 g/mol. The summed E-state index contributed by atoms with van der Waals surface area (Å²) in [5, 5.41) is 28.5. The van der Waals surface area contributed by atoms with E-state index in [0.29, 0.717) is 19.3 Å². The Hall–Kier alpha value is -0.791. The molecule has 0 aromatic carbocycles. The Morgan fingerprint density at radius 3 is 1.15 bits per heavy atom. The topological polar surface area (TPSA) is 120 Å². The summed E-state index contributed by atoms with van der Waals surface area (Å²) < 4.78 is 1.46. The van der Waals surface area contributed by atoms with Crippen molar-refractivity contribution < 1.29 is 29.7 Å². The summed E-state index contributed by atoms with van der Waals surface area (Å²) in [5.74, 6) is -1.84. The standard InChI is InChI=1S/C8H17.3C4H8O2.Sn/c1-4-6-7-8(3)5-2;3*1-2-3-4(5)6;/h8H,3-7H2,1-2H3;3*2-3H2,1H3,(H,5,6);/q;;;;+3/p-3. The first-order valence-corrected chi connectivity index (χ1v) is 11.9. The van der Waals surface area contributed by atoms with Crippen molar-refractivity contribution in [2.75, 3.05) is 0 Å². The monoisotopic (exact) mass is 494 g/mol. The summed E-state index contributed by atoms with van der Waals surface area (Å²) in [6.07, 6.45) is 8.22. The van der Waals surface area contributed by atoms with Crippen LogP contribution in [0.2, 0.25) is 4.44 Å². The normalized spacial score (nSPS) is 10.0. The fourth-order valence-electron chi connectivity index (χ4n) is 1.56. The summed E-state index contributed by atoms with van der Waals surface area (Å²) in [4.78, 5) is 28.5. The number of unbranched alkanes of at least 4 members (excludes halogenated alkanes) is 1. The van der Waals surface area contributed by atoms with Crippen LogP contribution in [0, 0.1) is 5.92 Å². The third-order valence-corrected chi connectivity index (χ3v) is 4.84. The van der Waals surface area contributed by atoms with Crippen molar-refractivity contribution in [1.82, 2.24) is 0 Å². The summed E-state index contributed by atoms with van der Waals surface area (Å²) in [5.41, 5.74) is 0. The van der Waals surface area contributed by atoms with Crippen molar-refractivity contribution in [3.63, 3.8) is 0 Å². The van der Waals surface area contributed by atoms with Gasteiger partial charge in [0.1, 0.15) is 0 Å². The molecule has 0 radical (unpaired) electrons. The van der Waals surface area contributed by atoms with Crippen molar-refractivity contribution in [3.8, 4) is 0 Å². The number of carboxylic acids is 3. The van der Waals surface area contributed by atoms with E-state index >= 15 is 0 Å². The quantitative estimate of drug-likeness (QED) is 0.402. The summed E-state index contributed by atoms with van der Waals surface area (Å²) in [6.45, 7) is 9.99. The van der Waals surface area contributed by atoms with Gasteiger partial charge in [-0.3, -0.25) is 0 Å². The van der Waals surface area contributed by atoms with E-state index in [1.807, 2.05) is 0 Å². The van der Waals surface area contributed by atoms with Gasteiger partial charge < -0.3 is 29.7 Å². The van der Waals surface area contributed by atoms with Crippen molar-refractivity contribution in [2.45, 2.75) is 103 Å². The number of carboxylic acid groups (broad SMARTS) is 3. The molecule has 7 heteroatoms. The maximum absolute atomic E-state index is 9.49. The first-order chi connectivity index (χ1) is 12.7. The maximum atomic E-state index is 9.49.